The number of amides is 1. The summed E-state index contributed by atoms with van der Waals surface area (Å²) in [5, 5.41) is 0. The molecule has 2 heterocycles. The van der Waals surface area contributed by atoms with E-state index in [-0.39, 0.29) is 6.10 Å². The molecule has 1 atom stereocenters. The quantitative estimate of drug-likeness (QED) is 0.510. The highest BCUT2D eigenvalue weighted by Gasteiger charge is 2.29. The molecule has 6 heteroatoms. The maximum atomic E-state index is 12.1. The Labute approximate surface area is 174 Å². The van der Waals surface area contributed by atoms with E-state index in [4.69, 9.17) is 20.9 Å². The van der Waals surface area contributed by atoms with Gasteiger partial charge in [-0.25, -0.2) is 0 Å². The highest BCUT2D eigenvalue weighted by molar-refractivity contribution is 6.00. The Hall–Kier alpha value is -3.38. The number of anilines is 1. The van der Waals surface area contributed by atoms with Crippen molar-refractivity contribution >= 4 is 11.6 Å². The third-order valence-electron chi connectivity index (χ3n) is 5.98. The lowest BCUT2D eigenvalue weighted by Gasteiger charge is -2.15. The monoisotopic (exact) mass is 401 g/mol. The summed E-state index contributed by atoms with van der Waals surface area (Å²) in [6.45, 7) is 3.35. The second kappa shape index (κ2) is 7.15. The lowest BCUT2D eigenvalue weighted by Crippen LogP contribution is -2.16. The molecule has 1 aromatic heterocycles. The fourth-order valence-electron chi connectivity index (χ4n) is 4.42. The highest BCUT2D eigenvalue weighted by atomic mass is 16.5. The number of carbonyl (C=O) groups is 1. The zero-order valence-corrected chi connectivity index (χ0v) is 16.8. The zero-order valence-electron chi connectivity index (χ0n) is 16.8. The molecule has 152 valence electrons. The minimum absolute atomic E-state index is 0.0835. The Kier molecular flexibility index (Phi) is 4.44. The molecule has 6 nitrogen and oxygen atoms in total. The minimum Gasteiger partial charge on any atom is -0.488 e. The van der Waals surface area contributed by atoms with Gasteiger partial charge in [0.1, 0.15) is 17.5 Å². The van der Waals surface area contributed by atoms with Crippen LogP contribution in [0.15, 0.2) is 42.6 Å². The van der Waals surface area contributed by atoms with Crippen LogP contribution in [0.1, 0.15) is 33.6 Å². The van der Waals surface area contributed by atoms with E-state index in [1.165, 1.54) is 0 Å². The van der Waals surface area contributed by atoms with Crippen LogP contribution in [0, 0.1) is 6.92 Å². The van der Waals surface area contributed by atoms with E-state index < -0.39 is 5.91 Å². The van der Waals surface area contributed by atoms with Crippen molar-refractivity contribution in [3.8, 4) is 28.0 Å². The van der Waals surface area contributed by atoms with Crippen LogP contribution >= 0.6 is 0 Å². The van der Waals surface area contributed by atoms with Crippen molar-refractivity contribution in [2.24, 2.45) is 5.73 Å². The van der Waals surface area contributed by atoms with Crippen LogP contribution in [0.4, 0.5) is 5.69 Å². The number of carbonyl (C=O) groups excluding carboxylic acids is 1. The molecule has 2 aromatic carbocycles. The molecule has 4 N–H and O–H groups in total. The number of nitrogen functional groups attached to an aromatic ring is 1. The summed E-state index contributed by atoms with van der Waals surface area (Å²) in [7, 11) is 0. The van der Waals surface area contributed by atoms with Gasteiger partial charge in [-0.15, -0.1) is 0 Å². The molecule has 0 saturated carbocycles. The lowest BCUT2D eigenvalue weighted by molar-refractivity contribution is 0.0995. The Morgan fingerprint density at radius 2 is 2.07 bits per heavy atom. The summed E-state index contributed by atoms with van der Waals surface area (Å²) in [5.74, 6) is 0.293. The summed E-state index contributed by atoms with van der Waals surface area (Å²) in [5.41, 5.74) is 19.8. The van der Waals surface area contributed by atoms with E-state index >= 15 is 0 Å². The summed E-state index contributed by atoms with van der Waals surface area (Å²) < 4.78 is 11.5. The standard InChI is InChI=1S/C24H23N3O3/c1-13-17(3-2-4-21(13)25)20-11-27-23(24(26)28)19-10-14-9-15(5-6-18(14)22(19)20)30-16-7-8-29-12-16/h2-6,9,11,16H,7-8,10,12,25H2,1H3,(H2,26,28). The molecule has 1 unspecified atom stereocenters. The minimum atomic E-state index is -0.519. The van der Waals surface area contributed by atoms with Crippen LogP contribution in [0.5, 0.6) is 5.75 Å². The van der Waals surface area contributed by atoms with Crippen molar-refractivity contribution in [1.82, 2.24) is 4.98 Å². The SMILES string of the molecule is Cc1c(N)cccc1-c1cnc(C(N)=O)c2c1-c1ccc(OC3CCOC3)cc1C2. The first-order valence-corrected chi connectivity index (χ1v) is 10.1. The Morgan fingerprint density at radius 3 is 2.83 bits per heavy atom. The third-order valence-corrected chi connectivity index (χ3v) is 5.98. The van der Waals surface area contributed by atoms with Gasteiger partial charge in [-0.2, -0.15) is 0 Å². The Bertz CT molecular complexity index is 1170. The lowest BCUT2D eigenvalue weighted by atomic mass is 9.92. The molecule has 0 radical (unpaired) electrons. The topological polar surface area (TPSA) is 100 Å². The molecular weight excluding hydrogens is 378 g/mol. The normalized spacial score (nSPS) is 16.9. The van der Waals surface area contributed by atoms with Gasteiger partial charge in [0.15, 0.2) is 0 Å². The van der Waals surface area contributed by atoms with Gasteiger partial charge in [-0.3, -0.25) is 9.78 Å². The molecule has 1 fully saturated rings. The maximum Gasteiger partial charge on any atom is 0.267 e. The van der Waals surface area contributed by atoms with Gasteiger partial charge >= 0.3 is 0 Å². The molecule has 5 rings (SSSR count). The predicted molar refractivity (Wildman–Crippen MR) is 115 cm³/mol. The number of nitrogens with two attached hydrogens (primary N) is 2. The Balaban J connectivity index is 1.64. The first kappa shape index (κ1) is 18.6. The van der Waals surface area contributed by atoms with E-state index in [2.05, 4.69) is 17.1 Å². The average Bonchev–Trinajstić information content (AvgIpc) is 3.36. The highest BCUT2D eigenvalue weighted by Crippen LogP contribution is 2.46. The number of hydrogen-bond donors (Lipinski definition) is 2. The number of rotatable bonds is 4. The summed E-state index contributed by atoms with van der Waals surface area (Å²) in [6, 6.07) is 11.9. The second-order valence-electron chi connectivity index (χ2n) is 7.86. The van der Waals surface area contributed by atoms with Crippen LogP contribution in [0.25, 0.3) is 22.3 Å². The molecule has 1 aliphatic carbocycles. The van der Waals surface area contributed by atoms with Crippen molar-refractivity contribution < 1.29 is 14.3 Å². The van der Waals surface area contributed by atoms with Crippen LogP contribution in [0.2, 0.25) is 0 Å². The molecule has 0 spiro atoms. The number of fused-ring (bicyclic) bond motifs is 3. The second-order valence-corrected chi connectivity index (χ2v) is 7.86. The molecule has 2 aliphatic rings. The smallest absolute Gasteiger partial charge is 0.267 e. The van der Waals surface area contributed by atoms with Crippen LogP contribution < -0.4 is 16.2 Å². The number of hydrogen-bond acceptors (Lipinski definition) is 5. The molecular formula is C24H23N3O3. The molecule has 1 amide bonds. The number of ether oxygens (including phenoxy) is 2. The molecule has 30 heavy (non-hydrogen) atoms. The number of benzene rings is 2. The van der Waals surface area contributed by atoms with Gasteiger partial charge in [-0.1, -0.05) is 18.2 Å². The number of primary amides is 1. The first-order valence-electron chi connectivity index (χ1n) is 10.1. The van der Waals surface area contributed by atoms with Crippen molar-refractivity contribution in [3.63, 3.8) is 0 Å². The summed E-state index contributed by atoms with van der Waals surface area (Å²) >= 11 is 0. The van der Waals surface area contributed by atoms with Crippen LogP contribution in [0.3, 0.4) is 0 Å². The fraction of sp³-hybridized carbons (Fsp3) is 0.250. The van der Waals surface area contributed by atoms with Gasteiger partial charge < -0.3 is 20.9 Å². The van der Waals surface area contributed by atoms with E-state index in [0.29, 0.717) is 18.7 Å². The third kappa shape index (κ3) is 3.00. The van der Waals surface area contributed by atoms with E-state index in [9.17, 15) is 4.79 Å². The molecule has 1 aliphatic heterocycles. The molecule has 0 bridgehead atoms. The Morgan fingerprint density at radius 1 is 1.20 bits per heavy atom. The van der Waals surface area contributed by atoms with Gasteiger partial charge in [0.2, 0.25) is 0 Å². The number of aromatic nitrogens is 1. The van der Waals surface area contributed by atoms with E-state index in [1.807, 2.05) is 31.2 Å². The summed E-state index contributed by atoms with van der Waals surface area (Å²) in [6.07, 6.45) is 3.30. The molecule has 3 aromatic rings. The fourth-order valence-corrected chi connectivity index (χ4v) is 4.42. The van der Waals surface area contributed by atoms with Crippen molar-refractivity contribution in [2.45, 2.75) is 25.9 Å². The predicted octanol–water partition coefficient (Wildman–Crippen LogP) is 3.48. The number of pyridine rings is 1. The van der Waals surface area contributed by atoms with Crippen LogP contribution in [-0.2, 0) is 11.2 Å². The van der Waals surface area contributed by atoms with Gasteiger partial charge in [0, 0.05) is 30.3 Å². The van der Waals surface area contributed by atoms with E-state index in [0.717, 1.165) is 63.4 Å². The van der Waals surface area contributed by atoms with E-state index in [1.54, 1.807) is 6.20 Å². The van der Waals surface area contributed by atoms with Crippen molar-refractivity contribution in [1.29, 1.82) is 0 Å². The van der Waals surface area contributed by atoms with Crippen LogP contribution in [-0.4, -0.2) is 30.2 Å². The first-order chi connectivity index (χ1) is 14.5. The van der Waals surface area contributed by atoms with Gasteiger partial charge in [0.05, 0.1) is 13.2 Å². The number of nitrogens with zero attached hydrogens (tertiary/aromatic N) is 1. The van der Waals surface area contributed by atoms with Crippen molar-refractivity contribution in [2.75, 3.05) is 18.9 Å². The average molecular weight is 401 g/mol. The van der Waals surface area contributed by atoms with Crippen molar-refractivity contribution in [3.05, 3.63) is 65.0 Å². The zero-order chi connectivity index (χ0) is 20.8. The maximum absolute atomic E-state index is 12.1. The largest absolute Gasteiger partial charge is 0.488 e. The van der Waals surface area contributed by atoms with Gasteiger partial charge in [-0.05, 0) is 58.5 Å². The molecule has 1 saturated heterocycles. The summed E-state index contributed by atoms with van der Waals surface area (Å²) in [4.78, 5) is 16.5. The van der Waals surface area contributed by atoms with Gasteiger partial charge in [0.25, 0.3) is 5.91 Å².